The molecule has 0 amide bonds. The van der Waals surface area contributed by atoms with Gasteiger partial charge < -0.3 is 0 Å². The number of benzene rings is 1. The van der Waals surface area contributed by atoms with E-state index in [4.69, 9.17) is 0 Å². The summed E-state index contributed by atoms with van der Waals surface area (Å²) in [4.78, 5) is 2.33. The lowest BCUT2D eigenvalue weighted by Crippen LogP contribution is -2.29. The quantitative estimate of drug-likeness (QED) is 0.795. The molecule has 15 heavy (non-hydrogen) atoms. The predicted octanol–water partition coefficient (Wildman–Crippen LogP) is 3.57. The lowest BCUT2D eigenvalue weighted by molar-refractivity contribution is 0.218. The average molecular weight is 272 g/mol. The Morgan fingerprint density at radius 2 is 1.93 bits per heavy atom. The fraction of sp³-hybridized carbons (Fsp3) is 0.500. The molecule has 3 heteroatoms. The van der Waals surface area contributed by atoms with Crippen molar-refractivity contribution in [3.63, 3.8) is 0 Å². The van der Waals surface area contributed by atoms with E-state index >= 15 is 0 Å². The van der Waals surface area contributed by atoms with Gasteiger partial charge in [-0.15, -0.1) is 0 Å². The topological polar surface area (TPSA) is 3.24 Å². The van der Waals surface area contributed by atoms with Gasteiger partial charge in [-0.05, 0) is 38.1 Å². The second-order valence-electron chi connectivity index (χ2n) is 4.04. The summed E-state index contributed by atoms with van der Waals surface area (Å²) in [7, 11) is 0. The highest BCUT2D eigenvalue weighted by Gasteiger charge is 2.14. The van der Waals surface area contributed by atoms with Crippen LogP contribution >= 0.6 is 15.9 Å². The molecule has 2 rings (SSSR count). The molecule has 1 aliphatic heterocycles. The van der Waals surface area contributed by atoms with E-state index in [1.807, 2.05) is 6.07 Å². The average Bonchev–Trinajstić information content (AvgIpc) is 2.25. The molecule has 0 N–H and O–H groups in total. The summed E-state index contributed by atoms with van der Waals surface area (Å²) in [5.41, 5.74) is 0.791. The van der Waals surface area contributed by atoms with Gasteiger partial charge in [-0.1, -0.05) is 28.4 Å². The Morgan fingerprint density at radius 1 is 1.20 bits per heavy atom. The van der Waals surface area contributed by atoms with E-state index < -0.39 is 0 Å². The van der Waals surface area contributed by atoms with Gasteiger partial charge in [0.1, 0.15) is 5.82 Å². The molecule has 0 atom stereocenters. The maximum atomic E-state index is 13.5. The molecule has 0 aromatic heterocycles. The summed E-state index contributed by atoms with van der Waals surface area (Å²) in [6.07, 6.45) is 3.80. The summed E-state index contributed by atoms with van der Waals surface area (Å²) in [6.45, 7) is 2.93. The van der Waals surface area contributed by atoms with Crippen LogP contribution < -0.4 is 0 Å². The van der Waals surface area contributed by atoms with E-state index in [0.29, 0.717) is 0 Å². The Labute approximate surface area is 98.4 Å². The highest BCUT2D eigenvalue weighted by molar-refractivity contribution is 9.10. The number of hydrogen-bond donors (Lipinski definition) is 0. The van der Waals surface area contributed by atoms with Gasteiger partial charge in [0, 0.05) is 16.6 Å². The van der Waals surface area contributed by atoms with Crippen LogP contribution in [-0.4, -0.2) is 18.0 Å². The first kappa shape index (κ1) is 11.1. The van der Waals surface area contributed by atoms with Crippen molar-refractivity contribution in [3.05, 3.63) is 34.1 Å². The van der Waals surface area contributed by atoms with E-state index in [1.165, 1.54) is 25.3 Å². The molecule has 1 fully saturated rings. The van der Waals surface area contributed by atoms with Crippen LogP contribution in [0.25, 0.3) is 0 Å². The molecule has 1 aliphatic rings. The maximum Gasteiger partial charge on any atom is 0.128 e. The largest absolute Gasteiger partial charge is 0.299 e. The third-order valence-electron chi connectivity index (χ3n) is 2.89. The minimum atomic E-state index is -0.102. The first-order valence-electron chi connectivity index (χ1n) is 5.42. The third-order valence-corrected chi connectivity index (χ3v) is 3.64. The Morgan fingerprint density at radius 3 is 2.60 bits per heavy atom. The molecule has 0 radical (unpaired) electrons. The van der Waals surface area contributed by atoms with Crippen LogP contribution in [0.5, 0.6) is 0 Å². The summed E-state index contributed by atoms with van der Waals surface area (Å²) < 4.78 is 14.4. The van der Waals surface area contributed by atoms with Crippen LogP contribution in [0.3, 0.4) is 0 Å². The molecule has 1 heterocycles. The number of rotatable bonds is 2. The van der Waals surface area contributed by atoms with Crippen molar-refractivity contribution in [2.75, 3.05) is 13.1 Å². The number of halogens is 2. The predicted molar refractivity (Wildman–Crippen MR) is 63.2 cm³/mol. The van der Waals surface area contributed by atoms with Crippen LogP contribution in [0.4, 0.5) is 4.39 Å². The molecule has 1 aromatic carbocycles. The molecule has 0 unspecified atom stereocenters. The summed E-state index contributed by atoms with van der Waals surface area (Å²) in [5.74, 6) is -0.102. The maximum absolute atomic E-state index is 13.5. The first-order chi connectivity index (χ1) is 7.27. The number of likely N-dealkylation sites (tertiary alicyclic amines) is 1. The molecule has 1 aromatic rings. The van der Waals surface area contributed by atoms with Crippen molar-refractivity contribution in [1.29, 1.82) is 0 Å². The van der Waals surface area contributed by atoms with Crippen LogP contribution in [-0.2, 0) is 6.54 Å². The zero-order valence-electron chi connectivity index (χ0n) is 8.68. The monoisotopic (exact) mass is 271 g/mol. The van der Waals surface area contributed by atoms with E-state index in [0.717, 1.165) is 29.7 Å². The van der Waals surface area contributed by atoms with Gasteiger partial charge in [0.15, 0.2) is 0 Å². The molecular formula is C12H15BrFN. The van der Waals surface area contributed by atoms with Gasteiger partial charge in [-0.3, -0.25) is 4.90 Å². The molecular weight excluding hydrogens is 257 g/mol. The van der Waals surface area contributed by atoms with Gasteiger partial charge in [0.25, 0.3) is 0 Å². The highest BCUT2D eigenvalue weighted by Crippen LogP contribution is 2.22. The van der Waals surface area contributed by atoms with Gasteiger partial charge in [0.2, 0.25) is 0 Å². The minimum absolute atomic E-state index is 0.102. The minimum Gasteiger partial charge on any atom is -0.299 e. The normalized spacial score (nSPS) is 18.0. The molecule has 1 nitrogen and oxygen atoms in total. The van der Waals surface area contributed by atoms with Crippen molar-refractivity contribution in [1.82, 2.24) is 4.90 Å². The lowest BCUT2D eigenvalue weighted by atomic mass is 10.1. The third kappa shape index (κ3) is 2.79. The van der Waals surface area contributed by atoms with Gasteiger partial charge in [-0.25, -0.2) is 4.39 Å². The fourth-order valence-corrected chi connectivity index (χ4v) is 2.49. The zero-order chi connectivity index (χ0) is 10.7. The Bertz CT molecular complexity index is 314. The summed E-state index contributed by atoms with van der Waals surface area (Å²) in [5, 5.41) is 0. The van der Waals surface area contributed by atoms with Crippen molar-refractivity contribution in [2.45, 2.75) is 25.8 Å². The van der Waals surface area contributed by atoms with Crippen molar-refractivity contribution in [2.24, 2.45) is 0 Å². The van der Waals surface area contributed by atoms with Crippen molar-refractivity contribution >= 4 is 15.9 Å². The van der Waals surface area contributed by atoms with Crippen molar-refractivity contribution in [3.8, 4) is 0 Å². The first-order valence-corrected chi connectivity index (χ1v) is 6.22. The number of nitrogens with zero attached hydrogens (tertiary/aromatic N) is 1. The Hall–Kier alpha value is -0.410. The summed E-state index contributed by atoms with van der Waals surface area (Å²) >= 11 is 3.41. The second-order valence-corrected chi connectivity index (χ2v) is 4.89. The van der Waals surface area contributed by atoms with Crippen LogP contribution in [0.2, 0.25) is 0 Å². The summed E-state index contributed by atoms with van der Waals surface area (Å²) in [6, 6.07) is 5.17. The SMILES string of the molecule is Fc1cccc(Br)c1CN1CCCCC1. The van der Waals surface area contributed by atoms with E-state index in [-0.39, 0.29) is 5.82 Å². The standard InChI is InChI=1S/C12H15BrFN/c13-11-5-4-6-12(14)10(11)9-15-7-2-1-3-8-15/h4-6H,1-3,7-9H2. The van der Waals surface area contributed by atoms with E-state index in [9.17, 15) is 4.39 Å². The van der Waals surface area contributed by atoms with Crippen LogP contribution in [0, 0.1) is 5.82 Å². The fourth-order valence-electron chi connectivity index (χ4n) is 2.02. The molecule has 0 saturated carbocycles. The van der Waals surface area contributed by atoms with Gasteiger partial charge in [-0.2, -0.15) is 0 Å². The molecule has 82 valence electrons. The molecule has 0 spiro atoms. The number of hydrogen-bond acceptors (Lipinski definition) is 1. The van der Waals surface area contributed by atoms with Crippen LogP contribution in [0.15, 0.2) is 22.7 Å². The molecule has 0 bridgehead atoms. The molecule has 0 aliphatic carbocycles. The van der Waals surface area contributed by atoms with Crippen LogP contribution in [0.1, 0.15) is 24.8 Å². The zero-order valence-corrected chi connectivity index (χ0v) is 10.3. The Kier molecular flexibility index (Phi) is 3.76. The van der Waals surface area contributed by atoms with E-state index in [2.05, 4.69) is 20.8 Å². The molecule has 1 saturated heterocycles. The van der Waals surface area contributed by atoms with Crippen molar-refractivity contribution < 1.29 is 4.39 Å². The Balaban J connectivity index is 2.09. The van der Waals surface area contributed by atoms with E-state index in [1.54, 1.807) is 6.07 Å². The lowest BCUT2D eigenvalue weighted by Gasteiger charge is -2.26. The van der Waals surface area contributed by atoms with Gasteiger partial charge in [0.05, 0.1) is 0 Å². The highest BCUT2D eigenvalue weighted by atomic mass is 79.9. The smallest absolute Gasteiger partial charge is 0.128 e. The van der Waals surface area contributed by atoms with Gasteiger partial charge >= 0.3 is 0 Å². The second kappa shape index (κ2) is 5.08. The number of piperidine rings is 1.